The van der Waals surface area contributed by atoms with Crippen LogP contribution in [0.1, 0.15) is 26.3 Å². The average molecular weight is 533 g/mol. The van der Waals surface area contributed by atoms with Crippen LogP contribution in [0.2, 0.25) is 0 Å². The number of pyridine rings is 1. The number of benzene rings is 4. The van der Waals surface area contributed by atoms with Crippen molar-refractivity contribution in [3.63, 3.8) is 0 Å². The first-order valence-corrected chi connectivity index (χ1v) is 12.3. The largest absolute Gasteiger partial charge is 0.366 e. The van der Waals surface area contributed by atoms with Crippen molar-refractivity contribution in [2.24, 2.45) is 5.73 Å². The Morgan fingerprint density at radius 2 is 1.46 bits per heavy atom. The van der Waals surface area contributed by atoms with Gasteiger partial charge in [-0.05, 0) is 52.6 Å². The first-order chi connectivity index (χ1) is 18.6. The number of halogens is 1. The van der Waals surface area contributed by atoms with E-state index >= 15 is 0 Å². The molecule has 5 aromatic rings. The number of para-hydroxylation sites is 2. The Balaban J connectivity index is 0.00000308. The maximum absolute atomic E-state index is 14.2. The summed E-state index contributed by atoms with van der Waals surface area (Å²) in [6.45, 7) is 0.361. The third kappa shape index (κ3) is 4.85. The van der Waals surface area contributed by atoms with E-state index < -0.39 is 5.91 Å². The summed E-state index contributed by atoms with van der Waals surface area (Å²) in [6.07, 6.45) is 1.73. The van der Waals surface area contributed by atoms with Gasteiger partial charge in [0, 0.05) is 22.9 Å². The number of fused-ring (bicyclic) bond motifs is 2. The van der Waals surface area contributed by atoms with Crippen LogP contribution in [0.5, 0.6) is 0 Å². The molecule has 1 aromatic heterocycles. The molecule has 6 nitrogen and oxygen atoms in total. The van der Waals surface area contributed by atoms with Crippen LogP contribution in [0.25, 0.3) is 22.3 Å². The zero-order chi connectivity index (χ0) is 26.1. The Hall–Kier alpha value is -4.94. The van der Waals surface area contributed by atoms with E-state index in [0.717, 1.165) is 45.0 Å². The molecule has 1 aliphatic rings. The van der Waals surface area contributed by atoms with Gasteiger partial charge in [0.05, 0.1) is 17.9 Å². The number of amides is 2. The number of nitrogens with zero attached hydrogens (tertiary/aromatic N) is 2. The van der Waals surface area contributed by atoms with Crippen molar-refractivity contribution in [3.05, 3.63) is 132 Å². The Morgan fingerprint density at radius 3 is 2.28 bits per heavy atom. The highest BCUT2D eigenvalue weighted by Crippen LogP contribution is 2.37. The summed E-state index contributed by atoms with van der Waals surface area (Å²) >= 11 is 0. The van der Waals surface area contributed by atoms with Gasteiger partial charge in [0.25, 0.3) is 5.91 Å². The van der Waals surface area contributed by atoms with E-state index in [1.807, 2.05) is 103 Å². The van der Waals surface area contributed by atoms with Crippen molar-refractivity contribution < 1.29 is 9.59 Å². The summed E-state index contributed by atoms with van der Waals surface area (Å²) in [7, 11) is 0. The topological polar surface area (TPSA) is 88.3 Å². The molecule has 0 saturated heterocycles. The number of carbonyl (C=O) groups excluding carboxylic acids is 2. The van der Waals surface area contributed by atoms with Crippen LogP contribution in [0.3, 0.4) is 0 Å². The number of anilines is 3. The zero-order valence-corrected chi connectivity index (χ0v) is 21.7. The molecule has 0 radical (unpaired) electrons. The summed E-state index contributed by atoms with van der Waals surface area (Å²) in [5.41, 5.74) is 12.3. The number of carbonyl (C=O) groups is 2. The molecule has 6 rings (SSSR count). The molecule has 3 N–H and O–H groups in total. The van der Waals surface area contributed by atoms with Gasteiger partial charge < -0.3 is 16.0 Å². The number of hydrogen-bond acceptors (Lipinski definition) is 4. The highest BCUT2D eigenvalue weighted by Gasteiger charge is 2.27. The average Bonchev–Trinajstić information content (AvgIpc) is 3.14. The quantitative estimate of drug-likeness (QED) is 0.265. The molecule has 0 bridgehead atoms. The minimum atomic E-state index is -0.522. The molecule has 0 spiro atoms. The van der Waals surface area contributed by atoms with Gasteiger partial charge in [-0.25, -0.2) is 4.98 Å². The smallest absolute Gasteiger partial charge is 0.259 e. The van der Waals surface area contributed by atoms with Crippen LogP contribution in [-0.2, 0) is 6.54 Å². The number of nitrogens with one attached hydrogen (secondary N) is 1. The summed E-state index contributed by atoms with van der Waals surface area (Å²) < 4.78 is 0. The van der Waals surface area contributed by atoms with Gasteiger partial charge >= 0.3 is 0 Å². The zero-order valence-electron chi connectivity index (χ0n) is 20.9. The van der Waals surface area contributed by atoms with Crippen molar-refractivity contribution in [2.75, 3.05) is 10.2 Å². The molecule has 0 unspecified atom stereocenters. The molecule has 0 atom stereocenters. The molecule has 2 amide bonds. The summed E-state index contributed by atoms with van der Waals surface area (Å²) in [5.74, 6) is 0.0524. The second-order valence-electron chi connectivity index (χ2n) is 9.08. The van der Waals surface area contributed by atoms with Crippen LogP contribution in [0.15, 0.2) is 115 Å². The van der Waals surface area contributed by atoms with E-state index in [-0.39, 0.29) is 18.3 Å². The van der Waals surface area contributed by atoms with Gasteiger partial charge in [-0.2, -0.15) is 0 Å². The van der Waals surface area contributed by atoms with Gasteiger partial charge in [0.2, 0.25) is 5.91 Å². The second-order valence-corrected chi connectivity index (χ2v) is 9.08. The lowest BCUT2D eigenvalue weighted by atomic mass is 9.92. The van der Waals surface area contributed by atoms with E-state index in [9.17, 15) is 9.59 Å². The second kappa shape index (κ2) is 10.8. The monoisotopic (exact) mass is 532 g/mol. The first-order valence-electron chi connectivity index (χ1n) is 12.3. The Kier molecular flexibility index (Phi) is 7.12. The SMILES string of the molecule is Cl.NC(=O)c1cc(-c2ccccc2C(=O)N2Cc3cccnc3Nc3ccccc32)ccc1-c1ccccc1. The van der Waals surface area contributed by atoms with E-state index in [1.54, 1.807) is 17.2 Å². The van der Waals surface area contributed by atoms with E-state index in [1.165, 1.54) is 0 Å². The lowest BCUT2D eigenvalue weighted by Crippen LogP contribution is -2.30. The van der Waals surface area contributed by atoms with Crippen LogP contribution in [0.4, 0.5) is 17.2 Å². The fraction of sp³-hybridized carbons (Fsp3) is 0.0312. The molecule has 0 saturated carbocycles. The number of nitrogens with two attached hydrogens (primary N) is 1. The molecule has 7 heteroatoms. The standard InChI is InChI=1S/C32H24N4O2.ClH/c33-30(37)27-19-22(16-17-25(27)21-9-2-1-3-10-21)24-12-4-5-13-26(24)32(38)36-20-23-11-8-18-34-31(23)35-28-14-6-7-15-29(28)36;/h1-19H,20H2,(H2,33,37)(H,34,35);1H. The van der Waals surface area contributed by atoms with Crippen LogP contribution in [-0.4, -0.2) is 16.8 Å². The molecule has 4 aromatic carbocycles. The van der Waals surface area contributed by atoms with E-state index in [0.29, 0.717) is 17.7 Å². The maximum Gasteiger partial charge on any atom is 0.259 e. The normalized spacial score (nSPS) is 11.7. The molecular weight excluding hydrogens is 508 g/mol. The predicted octanol–water partition coefficient (Wildman–Crippen LogP) is 6.84. The molecule has 0 fully saturated rings. The van der Waals surface area contributed by atoms with Crippen molar-refractivity contribution in [3.8, 4) is 22.3 Å². The van der Waals surface area contributed by atoms with Crippen molar-refractivity contribution in [2.45, 2.75) is 6.54 Å². The number of aromatic nitrogens is 1. The maximum atomic E-state index is 14.2. The van der Waals surface area contributed by atoms with Crippen molar-refractivity contribution in [1.82, 2.24) is 4.98 Å². The number of hydrogen-bond donors (Lipinski definition) is 2. The molecule has 39 heavy (non-hydrogen) atoms. The Morgan fingerprint density at radius 1 is 0.744 bits per heavy atom. The number of primary amides is 1. The molecule has 1 aliphatic heterocycles. The van der Waals surface area contributed by atoms with Crippen LogP contribution >= 0.6 is 12.4 Å². The van der Waals surface area contributed by atoms with Gasteiger partial charge in [0.15, 0.2) is 0 Å². The van der Waals surface area contributed by atoms with Gasteiger partial charge in [-0.15, -0.1) is 12.4 Å². The van der Waals surface area contributed by atoms with Crippen molar-refractivity contribution in [1.29, 1.82) is 0 Å². The summed E-state index contributed by atoms with van der Waals surface area (Å²) in [5, 5.41) is 3.37. The van der Waals surface area contributed by atoms with Crippen LogP contribution in [0, 0.1) is 0 Å². The summed E-state index contributed by atoms with van der Waals surface area (Å²) in [6, 6.07) is 34.2. The van der Waals surface area contributed by atoms with Gasteiger partial charge in [-0.1, -0.05) is 78.9 Å². The predicted molar refractivity (Wildman–Crippen MR) is 158 cm³/mol. The molecule has 2 heterocycles. The fourth-order valence-electron chi connectivity index (χ4n) is 4.91. The van der Waals surface area contributed by atoms with Crippen molar-refractivity contribution >= 4 is 41.4 Å². The molecule has 192 valence electrons. The first kappa shape index (κ1) is 25.7. The number of rotatable bonds is 4. The van der Waals surface area contributed by atoms with E-state index in [2.05, 4.69) is 10.3 Å². The molecule has 0 aliphatic carbocycles. The fourth-order valence-corrected chi connectivity index (χ4v) is 4.91. The highest BCUT2D eigenvalue weighted by molar-refractivity contribution is 6.12. The van der Waals surface area contributed by atoms with Gasteiger partial charge in [0.1, 0.15) is 5.82 Å². The Labute approximate surface area is 232 Å². The third-order valence-electron chi connectivity index (χ3n) is 6.75. The summed E-state index contributed by atoms with van der Waals surface area (Å²) in [4.78, 5) is 32.9. The lowest BCUT2D eigenvalue weighted by Gasteiger charge is -2.24. The minimum absolute atomic E-state index is 0. The lowest BCUT2D eigenvalue weighted by molar-refractivity contribution is 0.0983. The van der Waals surface area contributed by atoms with E-state index in [4.69, 9.17) is 5.73 Å². The highest BCUT2D eigenvalue weighted by atomic mass is 35.5. The third-order valence-corrected chi connectivity index (χ3v) is 6.75. The Bertz CT molecular complexity index is 1690. The minimum Gasteiger partial charge on any atom is -0.366 e. The van der Waals surface area contributed by atoms with Gasteiger partial charge in [-0.3, -0.25) is 9.59 Å². The van der Waals surface area contributed by atoms with Crippen LogP contribution < -0.4 is 16.0 Å². The molecular formula is C32H25ClN4O2.